The third-order valence-corrected chi connectivity index (χ3v) is 5.20. The molecule has 3 atom stereocenters. The molecule has 0 bridgehead atoms. The minimum atomic E-state index is 0.510. The van der Waals surface area contributed by atoms with Crippen LogP contribution in [0.5, 0.6) is 0 Å². The van der Waals surface area contributed by atoms with Gasteiger partial charge in [-0.25, -0.2) is 0 Å². The molecule has 3 aliphatic rings. The second-order valence-corrected chi connectivity index (χ2v) is 6.87. The van der Waals surface area contributed by atoms with E-state index in [1.807, 2.05) is 0 Å². The topological polar surface area (TPSA) is 21.3 Å². The van der Waals surface area contributed by atoms with Crippen molar-refractivity contribution in [1.82, 2.24) is 5.32 Å². The summed E-state index contributed by atoms with van der Waals surface area (Å²) in [5.41, 5.74) is 0. The maximum atomic E-state index is 6.05. The van der Waals surface area contributed by atoms with Crippen LogP contribution in [-0.2, 0) is 4.74 Å². The van der Waals surface area contributed by atoms with Gasteiger partial charge in [-0.05, 0) is 57.4 Å². The molecule has 1 heterocycles. The van der Waals surface area contributed by atoms with Crippen LogP contribution in [0.3, 0.4) is 0 Å². The SMILES string of the molecule is CC1CCC(CC(CNC2CC2)C2CCCC2)O1. The Morgan fingerprint density at radius 3 is 2.44 bits per heavy atom. The Hall–Kier alpha value is -0.0800. The summed E-state index contributed by atoms with van der Waals surface area (Å²) < 4.78 is 6.05. The van der Waals surface area contributed by atoms with E-state index in [2.05, 4.69) is 12.2 Å². The molecule has 0 aromatic heterocycles. The summed E-state index contributed by atoms with van der Waals surface area (Å²) in [7, 11) is 0. The first-order valence-electron chi connectivity index (χ1n) is 8.20. The van der Waals surface area contributed by atoms with Gasteiger partial charge >= 0.3 is 0 Å². The molecule has 18 heavy (non-hydrogen) atoms. The Bertz CT molecular complexity index is 258. The monoisotopic (exact) mass is 251 g/mol. The molecule has 0 aromatic carbocycles. The number of hydrogen-bond donors (Lipinski definition) is 1. The number of rotatable bonds is 6. The Labute approximate surface area is 112 Å². The molecule has 1 N–H and O–H groups in total. The van der Waals surface area contributed by atoms with E-state index >= 15 is 0 Å². The second kappa shape index (κ2) is 5.92. The molecule has 3 unspecified atom stereocenters. The maximum Gasteiger partial charge on any atom is 0.0583 e. The lowest BCUT2D eigenvalue weighted by atomic mass is 9.85. The summed E-state index contributed by atoms with van der Waals surface area (Å²) in [5.74, 6) is 1.86. The normalized spacial score (nSPS) is 35.2. The molecule has 3 fully saturated rings. The highest BCUT2D eigenvalue weighted by Crippen LogP contribution is 2.36. The summed E-state index contributed by atoms with van der Waals surface area (Å²) in [6, 6.07) is 0.859. The van der Waals surface area contributed by atoms with Gasteiger partial charge in [0.2, 0.25) is 0 Å². The first-order chi connectivity index (χ1) is 8.81. The van der Waals surface area contributed by atoms with Crippen LogP contribution in [0.1, 0.15) is 64.7 Å². The summed E-state index contributed by atoms with van der Waals surface area (Å²) in [6.07, 6.45) is 13.7. The molecular formula is C16H29NO. The van der Waals surface area contributed by atoms with Gasteiger partial charge < -0.3 is 10.1 Å². The minimum absolute atomic E-state index is 0.510. The molecular weight excluding hydrogens is 222 g/mol. The molecule has 0 radical (unpaired) electrons. The molecule has 0 amide bonds. The van der Waals surface area contributed by atoms with Crippen LogP contribution in [0.2, 0.25) is 0 Å². The molecule has 1 saturated heterocycles. The maximum absolute atomic E-state index is 6.05. The fraction of sp³-hybridized carbons (Fsp3) is 1.00. The van der Waals surface area contributed by atoms with Crippen LogP contribution in [0.25, 0.3) is 0 Å². The van der Waals surface area contributed by atoms with Gasteiger partial charge in [0.05, 0.1) is 12.2 Å². The van der Waals surface area contributed by atoms with E-state index in [0.717, 1.165) is 17.9 Å². The van der Waals surface area contributed by atoms with Crippen molar-refractivity contribution in [1.29, 1.82) is 0 Å². The van der Waals surface area contributed by atoms with Crippen LogP contribution in [0.4, 0.5) is 0 Å². The number of ether oxygens (including phenoxy) is 1. The van der Waals surface area contributed by atoms with Crippen molar-refractivity contribution < 1.29 is 4.74 Å². The zero-order valence-corrected chi connectivity index (χ0v) is 11.9. The Kier molecular flexibility index (Phi) is 4.25. The zero-order chi connectivity index (χ0) is 12.4. The van der Waals surface area contributed by atoms with Gasteiger partial charge in [0.15, 0.2) is 0 Å². The zero-order valence-electron chi connectivity index (χ0n) is 11.9. The van der Waals surface area contributed by atoms with Crippen molar-refractivity contribution in [3.8, 4) is 0 Å². The smallest absolute Gasteiger partial charge is 0.0583 e. The van der Waals surface area contributed by atoms with Gasteiger partial charge in [-0.3, -0.25) is 0 Å². The van der Waals surface area contributed by atoms with Crippen LogP contribution < -0.4 is 5.32 Å². The van der Waals surface area contributed by atoms with Gasteiger partial charge in [0.1, 0.15) is 0 Å². The van der Waals surface area contributed by atoms with Crippen LogP contribution in [0, 0.1) is 11.8 Å². The average molecular weight is 251 g/mol. The molecule has 104 valence electrons. The van der Waals surface area contributed by atoms with E-state index in [1.54, 1.807) is 0 Å². The van der Waals surface area contributed by atoms with Gasteiger partial charge in [-0.2, -0.15) is 0 Å². The molecule has 0 aromatic rings. The van der Waals surface area contributed by atoms with Crippen LogP contribution in [-0.4, -0.2) is 24.8 Å². The lowest BCUT2D eigenvalue weighted by molar-refractivity contribution is 0.0344. The van der Waals surface area contributed by atoms with Gasteiger partial charge in [0.25, 0.3) is 0 Å². The van der Waals surface area contributed by atoms with E-state index in [-0.39, 0.29) is 0 Å². The van der Waals surface area contributed by atoms with Crippen molar-refractivity contribution in [2.45, 2.75) is 83.0 Å². The van der Waals surface area contributed by atoms with Crippen LogP contribution in [0.15, 0.2) is 0 Å². The van der Waals surface area contributed by atoms with Gasteiger partial charge in [-0.15, -0.1) is 0 Å². The summed E-state index contributed by atoms with van der Waals surface area (Å²) in [6.45, 7) is 3.48. The fourth-order valence-electron chi connectivity index (χ4n) is 3.87. The summed E-state index contributed by atoms with van der Waals surface area (Å²) >= 11 is 0. The molecule has 2 saturated carbocycles. The Morgan fingerprint density at radius 2 is 1.83 bits per heavy atom. The highest BCUT2D eigenvalue weighted by Gasteiger charge is 2.32. The van der Waals surface area contributed by atoms with E-state index in [9.17, 15) is 0 Å². The molecule has 2 nitrogen and oxygen atoms in total. The fourth-order valence-corrected chi connectivity index (χ4v) is 3.87. The van der Waals surface area contributed by atoms with E-state index in [4.69, 9.17) is 4.74 Å². The van der Waals surface area contributed by atoms with Crippen molar-refractivity contribution in [2.24, 2.45) is 11.8 Å². The summed E-state index contributed by atoms with van der Waals surface area (Å²) in [4.78, 5) is 0. The van der Waals surface area contributed by atoms with Gasteiger partial charge in [-0.1, -0.05) is 25.7 Å². The third kappa shape index (κ3) is 3.48. The number of hydrogen-bond acceptors (Lipinski definition) is 2. The van der Waals surface area contributed by atoms with Crippen molar-refractivity contribution >= 4 is 0 Å². The largest absolute Gasteiger partial charge is 0.375 e. The standard InChI is InChI=1S/C16H29NO/c1-12-6-9-16(18-12)10-14(11-17-15-7-8-15)13-4-2-3-5-13/h12-17H,2-11H2,1H3. The molecule has 2 heteroatoms. The molecule has 3 rings (SSSR count). The predicted octanol–water partition coefficient (Wildman–Crippen LogP) is 3.50. The third-order valence-electron chi connectivity index (χ3n) is 5.20. The minimum Gasteiger partial charge on any atom is -0.375 e. The Morgan fingerprint density at radius 1 is 1.06 bits per heavy atom. The van der Waals surface area contributed by atoms with Crippen molar-refractivity contribution in [3.05, 3.63) is 0 Å². The van der Waals surface area contributed by atoms with E-state index in [0.29, 0.717) is 12.2 Å². The lowest BCUT2D eigenvalue weighted by Gasteiger charge is -2.26. The average Bonchev–Trinajstić information content (AvgIpc) is 2.86. The van der Waals surface area contributed by atoms with E-state index in [1.165, 1.54) is 64.3 Å². The first kappa shape index (κ1) is 12.9. The first-order valence-corrected chi connectivity index (χ1v) is 8.20. The molecule has 1 aliphatic heterocycles. The van der Waals surface area contributed by atoms with Crippen molar-refractivity contribution in [3.63, 3.8) is 0 Å². The lowest BCUT2D eigenvalue weighted by Crippen LogP contribution is -2.31. The number of nitrogens with one attached hydrogen (secondary N) is 1. The second-order valence-electron chi connectivity index (χ2n) is 6.87. The van der Waals surface area contributed by atoms with Crippen molar-refractivity contribution in [2.75, 3.05) is 6.54 Å². The van der Waals surface area contributed by atoms with E-state index < -0.39 is 0 Å². The highest BCUT2D eigenvalue weighted by atomic mass is 16.5. The summed E-state index contributed by atoms with van der Waals surface area (Å²) in [5, 5.41) is 3.76. The van der Waals surface area contributed by atoms with Crippen LogP contribution >= 0.6 is 0 Å². The highest BCUT2D eigenvalue weighted by molar-refractivity contribution is 4.86. The molecule has 0 spiro atoms. The molecule has 2 aliphatic carbocycles. The van der Waals surface area contributed by atoms with Gasteiger partial charge in [0, 0.05) is 6.04 Å². The Balaban J connectivity index is 1.50. The predicted molar refractivity (Wildman–Crippen MR) is 74.7 cm³/mol. The quantitative estimate of drug-likeness (QED) is 0.780.